The van der Waals surface area contributed by atoms with Crippen LogP contribution < -0.4 is 14.5 Å². The molecule has 3 aliphatic heterocycles. The van der Waals surface area contributed by atoms with E-state index in [4.69, 9.17) is 26.3 Å². The fraction of sp³-hybridized carbons (Fsp3) is 0.455. The maximum absolute atomic E-state index is 12.7. The van der Waals surface area contributed by atoms with E-state index in [-0.39, 0.29) is 6.42 Å². The van der Waals surface area contributed by atoms with E-state index >= 15 is 0 Å². The minimum Gasteiger partial charge on any atom is -0.462 e. The van der Waals surface area contributed by atoms with Crippen LogP contribution in [0.5, 0.6) is 6.01 Å². The quantitative estimate of drug-likeness (QED) is 0.381. The van der Waals surface area contributed by atoms with Crippen LogP contribution in [0.2, 0.25) is 5.02 Å². The molecule has 9 nitrogen and oxygen atoms in total. The van der Waals surface area contributed by atoms with Gasteiger partial charge in [-0.2, -0.15) is 15.2 Å². The summed E-state index contributed by atoms with van der Waals surface area (Å²) in [4.78, 5) is 30.9. The Bertz CT molecular complexity index is 1650. The van der Waals surface area contributed by atoms with Gasteiger partial charge in [0.05, 0.1) is 35.8 Å². The zero-order valence-corrected chi connectivity index (χ0v) is 25.6. The summed E-state index contributed by atoms with van der Waals surface area (Å²) in [6, 6.07) is 14.6. The topological polar surface area (TPSA) is 88.8 Å². The number of likely N-dealkylation sites (tertiary alicyclic amines) is 1. The number of likely N-dealkylation sites (N-methyl/N-ethyl adjacent to an activating group) is 1. The second kappa shape index (κ2) is 13.3. The van der Waals surface area contributed by atoms with E-state index in [1.54, 1.807) is 4.90 Å². The molecule has 6 rings (SSSR count). The van der Waals surface area contributed by atoms with Crippen LogP contribution in [0.1, 0.15) is 30.5 Å². The number of carbonyl (C=O) groups is 1. The first-order chi connectivity index (χ1) is 21.5. The Balaban J connectivity index is 1.33. The van der Waals surface area contributed by atoms with Gasteiger partial charge in [-0.3, -0.25) is 4.79 Å². The Morgan fingerprint density at radius 1 is 1.11 bits per heavy atom. The standard InChI is InChI=1S/C33H35ClFN7O2/c1-39-16-5-8-25(39)22-44-33-37-28-21-40(29-10-3-7-23-6-2-9-27(34)31(23)29)17-13-26(28)32(38-33)41-18-19-42(24(20-41)12-15-36)30(43)11-4-14-35/h2-3,6-7,9-10,24-25H,5,8,12-14,16-22H2,1H3/t24-,25-/m0/s1. The fourth-order valence-electron chi connectivity index (χ4n) is 6.60. The van der Waals surface area contributed by atoms with Gasteiger partial charge in [0.1, 0.15) is 12.4 Å². The molecular weight excluding hydrogens is 581 g/mol. The van der Waals surface area contributed by atoms with Crippen molar-refractivity contribution >= 4 is 39.8 Å². The van der Waals surface area contributed by atoms with Crippen LogP contribution >= 0.6 is 11.6 Å². The van der Waals surface area contributed by atoms with Crippen molar-refractivity contribution in [1.82, 2.24) is 19.8 Å². The van der Waals surface area contributed by atoms with Crippen molar-refractivity contribution < 1.29 is 13.9 Å². The molecule has 2 aromatic carbocycles. The van der Waals surface area contributed by atoms with Gasteiger partial charge in [0.2, 0.25) is 0 Å². The van der Waals surface area contributed by atoms with Gasteiger partial charge in [-0.25, -0.2) is 4.39 Å². The average molecular weight is 616 g/mol. The van der Waals surface area contributed by atoms with E-state index in [1.807, 2.05) is 12.1 Å². The maximum Gasteiger partial charge on any atom is 0.318 e. The highest BCUT2D eigenvalue weighted by Crippen LogP contribution is 2.37. The number of aromatic nitrogens is 2. The first kappa shape index (κ1) is 29.9. The molecule has 44 heavy (non-hydrogen) atoms. The van der Waals surface area contributed by atoms with Crippen molar-refractivity contribution in [3.8, 4) is 23.9 Å². The molecule has 0 unspecified atom stereocenters. The number of fused-ring (bicyclic) bond motifs is 2. The third-order valence-electron chi connectivity index (χ3n) is 8.90. The molecule has 3 aromatic rings. The number of alkyl halides is 1. The number of halogens is 2. The SMILES string of the molecule is CN1CCC[C@H]1COc1nc2c(c(N3CCN(C(=O)C#CCF)[C@@H](CC#N)C3)n1)CCN(c1cccc3cccc(Cl)c13)C2. The number of hydrogen-bond donors (Lipinski definition) is 0. The molecule has 0 saturated carbocycles. The molecule has 0 bridgehead atoms. The molecule has 11 heteroatoms. The Labute approximate surface area is 262 Å². The molecule has 3 aliphatic rings. The summed E-state index contributed by atoms with van der Waals surface area (Å²) < 4.78 is 18.9. The summed E-state index contributed by atoms with van der Waals surface area (Å²) >= 11 is 6.69. The maximum atomic E-state index is 12.7. The van der Waals surface area contributed by atoms with Gasteiger partial charge in [-0.15, -0.1) is 0 Å². The van der Waals surface area contributed by atoms with Gasteiger partial charge >= 0.3 is 6.01 Å². The van der Waals surface area contributed by atoms with Crippen LogP contribution in [0, 0.1) is 23.2 Å². The summed E-state index contributed by atoms with van der Waals surface area (Å²) in [5.41, 5.74) is 3.00. The Morgan fingerprint density at radius 3 is 2.73 bits per heavy atom. The van der Waals surface area contributed by atoms with Crippen LogP contribution in [-0.4, -0.2) is 90.8 Å². The molecular formula is C33H35ClFN7O2. The third kappa shape index (κ3) is 6.10. The smallest absolute Gasteiger partial charge is 0.318 e. The van der Waals surface area contributed by atoms with Crippen molar-refractivity contribution in [3.05, 3.63) is 52.7 Å². The number of nitrogens with zero attached hydrogens (tertiary/aromatic N) is 7. The second-order valence-corrected chi connectivity index (χ2v) is 11.9. The van der Waals surface area contributed by atoms with E-state index in [1.165, 1.54) is 0 Å². The lowest BCUT2D eigenvalue weighted by Gasteiger charge is -2.41. The molecule has 0 aliphatic carbocycles. The largest absolute Gasteiger partial charge is 0.462 e. The minimum atomic E-state index is -0.886. The van der Waals surface area contributed by atoms with Gasteiger partial charge in [-0.05, 0) is 56.3 Å². The van der Waals surface area contributed by atoms with Crippen molar-refractivity contribution in [3.63, 3.8) is 0 Å². The van der Waals surface area contributed by atoms with Crippen molar-refractivity contribution in [2.75, 3.05) is 62.9 Å². The number of rotatable bonds is 6. The molecule has 0 spiro atoms. The molecule has 1 aromatic heterocycles. The zero-order valence-electron chi connectivity index (χ0n) is 24.8. The highest BCUT2D eigenvalue weighted by molar-refractivity contribution is 6.36. The van der Waals surface area contributed by atoms with E-state index in [0.717, 1.165) is 59.5 Å². The van der Waals surface area contributed by atoms with Crippen LogP contribution in [0.25, 0.3) is 10.8 Å². The average Bonchev–Trinajstić information content (AvgIpc) is 3.46. The van der Waals surface area contributed by atoms with E-state index in [2.05, 4.69) is 63.9 Å². The number of ether oxygens (including phenoxy) is 1. The first-order valence-electron chi connectivity index (χ1n) is 15.1. The van der Waals surface area contributed by atoms with E-state index in [9.17, 15) is 14.4 Å². The van der Waals surface area contributed by atoms with Gasteiger partial charge in [0, 0.05) is 48.9 Å². The molecule has 2 atom stereocenters. The predicted molar refractivity (Wildman–Crippen MR) is 169 cm³/mol. The molecule has 1 amide bonds. The predicted octanol–water partition coefficient (Wildman–Crippen LogP) is 4.22. The Kier molecular flexibility index (Phi) is 9.02. The molecule has 2 saturated heterocycles. The van der Waals surface area contributed by atoms with Gasteiger partial charge in [0.15, 0.2) is 6.67 Å². The molecule has 0 N–H and O–H groups in total. The summed E-state index contributed by atoms with van der Waals surface area (Å²) in [5, 5.41) is 12.4. The monoisotopic (exact) mass is 615 g/mol. The van der Waals surface area contributed by atoms with Crippen LogP contribution in [0.3, 0.4) is 0 Å². The van der Waals surface area contributed by atoms with Crippen molar-refractivity contribution in [2.24, 2.45) is 0 Å². The number of benzene rings is 2. The normalized spacial score (nSPS) is 20.2. The second-order valence-electron chi connectivity index (χ2n) is 11.5. The summed E-state index contributed by atoms with van der Waals surface area (Å²) in [5.74, 6) is 4.90. The highest BCUT2D eigenvalue weighted by atomic mass is 35.5. The number of carbonyl (C=O) groups excluding carboxylic acids is 1. The molecule has 2 fully saturated rings. The van der Waals surface area contributed by atoms with Crippen LogP contribution in [0.4, 0.5) is 15.9 Å². The molecule has 4 heterocycles. The highest BCUT2D eigenvalue weighted by Gasteiger charge is 2.34. The van der Waals surface area contributed by atoms with Crippen molar-refractivity contribution in [2.45, 2.75) is 44.3 Å². The number of piperazine rings is 1. The van der Waals surface area contributed by atoms with E-state index in [0.29, 0.717) is 56.3 Å². The van der Waals surface area contributed by atoms with Crippen molar-refractivity contribution in [1.29, 1.82) is 5.26 Å². The Hall–Kier alpha value is -4.12. The van der Waals surface area contributed by atoms with Gasteiger partial charge in [0.25, 0.3) is 5.91 Å². The Morgan fingerprint density at radius 2 is 1.95 bits per heavy atom. The lowest BCUT2D eigenvalue weighted by Crippen LogP contribution is -2.55. The van der Waals surface area contributed by atoms with Crippen LogP contribution in [0.15, 0.2) is 36.4 Å². The van der Waals surface area contributed by atoms with Crippen LogP contribution in [-0.2, 0) is 17.8 Å². The molecule has 228 valence electrons. The first-order valence-corrected chi connectivity index (χ1v) is 15.5. The number of nitriles is 1. The van der Waals surface area contributed by atoms with Gasteiger partial charge in [-0.1, -0.05) is 41.8 Å². The van der Waals surface area contributed by atoms with E-state index < -0.39 is 18.6 Å². The lowest BCUT2D eigenvalue weighted by molar-refractivity contribution is -0.127. The third-order valence-corrected chi connectivity index (χ3v) is 9.22. The fourth-order valence-corrected chi connectivity index (χ4v) is 6.88. The lowest BCUT2D eigenvalue weighted by atomic mass is 10.0. The van der Waals surface area contributed by atoms with Gasteiger partial charge < -0.3 is 24.3 Å². The minimum absolute atomic E-state index is 0.139. The number of anilines is 2. The number of amides is 1. The summed E-state index contributed by atoms with van der Waals surface area (Å²) in [6.45, 7) is 3.25. The summed E-state index contributed by atoms with van der Waals surface area (Å²) in [7, 11) is 2.11. The summed E-state index contributed by atoms with van der Waals surface area (Å²) in [6.07, 6.45) is 3.06. The number of hydrogen-bond acceptors (Lipinski definition) is 8. The zero-order chi connectivity index (χ0) is 30.6. The molecule has 0 radical (unpaired) electrons.